The number of nitrogens with two attached hydrogens (primary N) is 1. The Kier molecular flexibility index (Phi) is 28.5. The van der Waals surface area contributed by atoms with E-state index in [1.165, 1.54) is 49.0 Å². The van der Waals surface area contributed by atoms with Gasteiger partial charge in [-0.1, -0.05) is 96.5 Å². The number of benzene rings is 2. The average Bonchev–Trinajstić information content (AvgIpc) is 1.58. The highest BCUT2D eigenvalue weighted by Crippen LogP contribution is 2.53. The predicted molar refractivity (Wildman–Crippen MR) is 359 cm³/mol. The molecule has 100 heavy (non-hydrogen) atoms. The Morgan fingerprint density at radius 1 is 0.820 bits per heavy atom. The summed E-state index contributed by atoms with van der Waals surface area (Å²) in [5.41, 5.74) is 7.85. The highest BCUT2D eigenvalue weighted by atomic mass is 16.7. The number of nitrogens with zero attached hydrogens (tertiary/aromatic N) is 6. The van der Waals surface area contributed by atoms with Gasteiger partial charge in [-0.3, -0.25) is 33.7 Å². The molecule has 5 unspecified atom stereocenters. The number of carbonyl (C=O) groups is 9. The van der Waals surface area contributed by atoms with Crippen molar-refractivity contribution in [3.05, 3.63) is 71.0 Å². The number of aliphatic hydroxyl groups is 4. The number of hydrogen-bond donors (Lipinski definition) is 10. The molecule has 7 rings (SSSR count). The molecule has 1 saturated carbocycles. The Balaban J connectivity index is 0.969. The number of aromatic nitrogens is 3. The van der Waals surface area contributed by atoms with Gasteiger partial charge >= 0.3 is 18.2 Å². The zero-order valence-corrected chi connectivity index (χ0v) is 59.2. The Hall–Kier alpha value is -8.07. The molecule has 0 bridgehead atoms. The number of aliphatic carboxylic acids is 1. The van der Waals surface area contributed by atoms with Gasteiger partial charge in [-0.15, -0.1) is 5.10 Å². The van der Waals surface area contributed by atoms with Gasteiger partial charge in [0.1, 0.15) is 49.3 Å². The minimum Gasteiger partial charge on any atom is -0.479 e. The number of likely N-dealkylation sites (tertiary alicyclic amines) is 1. The fraction of sp³-hybridized carbons (Fsp3) is 0.667. The van der Waals surface area contributed by atoms with Crippen LogP contribution in [0.1, 0.15) is 129 Å². The molecule has 2 saturated heterocycles. The topological polar surface area (TPSA) is 425 Å². The molecule has 31 nitrogen and oxygen atoms in total. The standard InChI is InChI=1S/C69H103N11O20/c1-13-37(6)56(50(95-11)31-53(83)79-29-17-20-48(79)61(96-12)38(7)63(88)72-39(8)57(84)41-18-15-14-16-19-41)77(9)65(90)54(35(2)3)74-64(89)55(36(4)5)78(10)69(94)98-33-40-21-26-49(99-67-60(87)58(85)59(86)62(100-67)66(91)92)46(30-40)73-52(82)27-28-71-68(93)97-34-44-42-22-24-45-47(25-23-43(42)44)80(76-75-45)32-51(70)81/h14-16,18-19,21,26,30,35-39,42-44,48,50,54-62,67,84-87H,13,17,20,22-25,27-29,31-34H2,1-12H3,(H2,70,81)(H,71,93)(H,72,88)(H,73,82)(H,74,89)(H,91,92)/t37-,38+,39+,42?,43?,44?,48-,50+,54-,55-,56-,57+,58-,59-,60?,61+,62?,67+/m0/s1. The SMILES string of the molecule is CC[C@H](C)[C@@H]([C@@H](CC(=O)N1CCC[C@H]1[C@H](OC)[C@@H](C)C(=O)N[C@H](C)[C@@H](O)c1ccccc1)OC)N(C)C(=O)[C@@H](NC(=O)[C@H](C(C)C)N(C)C(=O)OCc1ccc(O[C@@H]2OC(C(=O)O)[C@@H](O)[C@H](O)C2O)c(NC(=O)CCNC(=O)OCC2C3CCc4nnn(CC(N)=O)c4CCC32)c1)C(C)C. The first-order chi connectivity index (χ1) is 47.4. The van der Waals surface area contributed by atoms with Crippen LogP contribution in [0.2, 0.25) is 0 Å². The van der Waals surface area contributed by atoms with Gasteiger partial charge in [0.2, 0.25) is 41.7 Å². The third-order valence-electron chi connectivity index (χ3n) is 20.0. The molecular weight excluding hydrogens is 1300 g/mol. The molecule has 2 aromatic carbocycles. The van der Waals surface area contributed by atoms with Crippen molar-refractivity contribution in [2.75, 3.05) is 53.3 Å². The van der Waals surface area contributed by atoms with Gasteiger partial charge in [0.05, 0.1) is 72.5 Å². The van der Waals surface area contributed by atoms with Crippen LogP contribution in [0.5, 0.6) is 5.75 Å². The van der Waals surface area contributed by atoms with E-state index in [1.54, 1.807) is 77.8 Å². The molecule has 31 heteroatoms. The summed E-state index contributed by atoms with van der Waals surface area (Å²) in [7, 11) is 5.93. The summed E-state index contributed by atoms with van der Waals surface area (Å²) in [5, 5.41) is 71.7. The summed E-state index contributed by atoms with van der Waals surface area (Å²) in [6.45, 7) is 14.1. The molecule has 3 heterocycles. The molecule has 0 spiro atoms. The number of aryl methyl sites for hydroxylation is 1. The molecule has 554 valence electrons. The van der Waals surface area contributed by atoms with E-state index in [0.717, 1.165) is 29.1 Å². The van der Waals surface area contributed by atoms with Gasteiger partial charge in [-0.2, -0.15) is 0 Å². The number of methoxy groups -OCH3 is 2. The summed E-state index contributed by atoms with van der Waals surface area (Å²) in [4.78, 5) is 126. The average molecular weight is 1410 g/mol. The lowest BCUT2D eigenvalue weighted by atomic mass is 9.89. The first kappa shape index (κ1) is 79.3. The van der Waals surface area contributed by atoms with E-state index in [0.29, 0.717) is 50.1 Å². The molecule has 11 N–H and O–H groups in total. The maximum Gasteiger partial charge on any atom is 0.410 e. The maximum atomic E-state index is 14.9. The number of carbonyl (C=O) groups excluding carboxylic acids is 8. The number of fused-ring (bicyclic) bond motifs is 2. The van der Waals surface area contributed by atoms with Gasteiger partial charge < -0.3 is 90.8 Å². The van der Waals surface area contributed by atoms with Crippen LogP contribution in [0.15, 0.2) is 48.5 Å². The molecule has 2 aliphatic carbocycles. The van der Waals surface area contributed by atoms with Crippen molar-refractivity contribution in [2.45, 2.75) is 206 Å². The number of rotatable bonds is 33. The Bertz CT molecular complexity index is 3300. The Morgan fingerprint density at radius 2 is 1.51 bits per heavy atom. The fourth-order valence-corrected chi connectivity index (χ4v) is 14.1. The molecule has 0 radical (unpaired) electrons. The summed E-state index contributed by atoms with van der Waals surface area (Å²) >= 11 is 0. The summed E-state index contributed by atoms with van der Waals surface area (Å²) in [6.07, 6.45) is -9.92. The van der Waals surface area contributed by atoms with Crippen LogP contribution in [0.4, 0.5) is 15.3 Å². The number of carboxylic acid groups (broad SMARTS) is 1. The minimum absolute atomic E-state index is 0.0652. The van der Waals surface area contributed by atoms with Gasteiger partial charge in [0, 0.05) is 47.8 Å². The summed E-state index contributed by atoms with van der Waals surface area (Å²) in [6, 6.07) is 8.93. The van der Waals surface area contributed by atoms with E-state index >= 15 is 0 Å². The van der Waals surface area contributed by atoms with Crippen molar-refractivity contribution < 1.29 is 97.1 Å². The van der Waals surface area contributed by atoms with Gasteiger partial charge in [0.15, 0.2) is 6.10 Å². The van der Waals surface area contributed by atoms with Gasteiger partial charge in [0.25, 0.3) is 0 Å². The van der Waals surface area contributed by atoms with Crippen molar-refractivity contribution in [1.82, 2.24) is 45.6 Å². The van der Waals surface area contributed by atoms with Crippen LogP contribution in [-0.2, 0) is 83.2 Å². The van der Waals surface area contributed by atoms with Crippen molar-refractivity contribution >= 4 is 59.3 Å². The largest absolute Gasteiger partial charge is 0.479 e. The number of primary amides is 1. The molecule has 1 aromatic heterocycles. The van der Waals surface area contributed by atoms with E-state index < -0.39 is 145 Å². The van der Waals surface area contributed by atoms with Crippen LogP contribution >= 0.6 is 0 Å². The first-order valence-electron chi connectivity index (χ1n) is 34.4. The van der Waals surface area contributed by atoms with Crippen LogP contribution in [0, 0.1) is 41.4 Å². The monoisotopic (exact) mass is 1410 g/mol. The van der Waals surface area contributed by atoms with E-state index in [1.807, 2.05) is 19.9 Å². The second kappa shape index (κ2) is 36.0. The maximum absolute atomic E-state index is 14.9. The Morgan fingerprint density at radius 3 is 2.14 bits per heavy atom. The number of likely N-dealkylation sites (N-methyl/N-ethyl adjacent to an activating group) is 2. The van der Waals surface area contributed by atoms with Crippen LogP contribution < -0.4 is 31.7 Å². The van der Waals surface area contributed by atoms with Crippen molar-refractivity contribution in [1.29, 1.82) is 0 Å². The predicted octanol–water partition coefficient (Wildman–Crippen LogP) is 2.42. The smallest absolute Gasteiger partial charge is 0.410 e. The second-order valence-electron chi connectivity index (χ2n) is 27.5. The van der Waals surface area contributed by atoms with Crippen molar-refractivity contribution in [3.63, 3.8) is 0 Å². The van der Waals surface area contributed by atoms with Gasteiger partial charge in [-0.05, 0) is 104 Å². The van der Waals surface area contributed by atoms with Gasteiger partial charge in [-0.25, -0.2) is 19.1 Å². The van der Waals surface area contributed by atoms with Crippen molar-refractivity contribution in [2.24, 2.45) is 47.2 Å². The molecule has 3 fully saturated rings. The lowest BCUT2D eigenvalue weighted by molar-refractivity contribution is -0.271. The Labute approximate surface area is 582 Å². The molecular formula is C69H103N11O20. The number of nitrogens with one attached hydrogen (secondary N) is 4. The summed E-state index contributed by atoms with van der Waals surface area (Å²) < 4.78 is 36.1. The lowest BCUT2D eigenvalue weighted by Gasteiger charge is -2.41. The first-order valence-corrected chi connectivity index (χ1v) is 34.4. The summed E-state index contributed by atoms with van der Waals surface area (Å²) in [5.74, 6) is -6.12. The van der Waals surface area contributed by atoms with Crippen molar-refractivity contribution in [3.8, 4) is 5.75 Å². The number of anilines is 1. The molecule has 2 aliphatic heterocycles. The van der Waals surface area contributed by atoms with Crippen LogP contribution in [0.3, 0.4) is 0 Å². The number of hydrogen-bond acceptors (Lipinski definition) is 21. The van der Waals surface area contributed by atoms with E-state index in [9.17, 15) is 68.7 Å². The third kappa shape index (κ3) is 19.7. The van der Waals surface area contributed by atoms with Crippen LogP contribution in [-0.4, -0.2) is 230 Å². The highest BCUT2D eigenvalue weighted by Gasteiger charge is 2.52. The number of ether oxygens (including phenoxy) is 6. The van der Waals surface area contributed by atoms with Crippen LogP contribution in [0.25, 0.3) is 0 Å². The number of aliphatic hydroxyl groups excluding tert-OH is 4. The third-order valence-corrected chi connectivity index (χ3v) is 20.0. The zero-order chi connectivity index (χ0) is 73.6. The fourth-order valence-electron chi connectivity index (χ4n) is 14.1. The number of alkyl carbamates (subject to hydrolysis) is 1. The zero-order valence-electron chi connectivity index (χ0n) is 59.2. The quantitative estimate of drug-likeness (QED) is 0.0418. The second-order valence-corrected chi connectivity index (χ2v) is 27.5. The minimum atomic E-state index is -2.03. The number of amides is 8. The molecule has 3 aromatic rings. The molecule has 4 aliphatic rings. The highest BCUT2D eigenvalue weighted by molar-refractivity contribution is 5.93. The van der Waals surface area contributed by atoms with E-state index in [2.05, 4.69) is 31.6 Å². The van der Waals surface area contributed by atoms with E-state index in [4.69, 9.17) is 34.2 Å². The van der Waals surface area contributed by atoms with E-state index in [-0.39, 0.29) is 79.1 Å². The molecule has 8 amide bonds. The lowest BCUT2D eigenvalue weighted by Crippen LogP contribution is -2.61. The molecule has 18 atom stereocenters. The number of carboxylic acids is 1. The normalized spacial score (nSPS) is 23.8.